The molecule has 1 unspecified atom stereocenters. The molecule has 3 rings (SSSR count). The first-order valence-corrected chi connectivity index (χ1v) is 9.06. The van der Waals surface area contributed by atoms with E-state index in [1.165, 1.54) is 12.3 Å². The number of nitrogens with one attached hydrogen (secondary N) is 1. The molecule has 0 spiro atoms. The van der Waals surface area contributed by atoms with Gasteiger partial charge in [-0.25, -0.2) is 0 Å². The summed E-state index contributed by atoms with van der Waals surface area (Å²) in [5, 5.41) is 2.79. The van der Waals surface area contributed by atoms with Gasteiger partial charge in [0.2, 0.25) is 5.91 Å². The molecule has 2 aromatic rings. The zero-order valence-electron chi connectivity index (χ0n) is 15.3. The van der Waals surface area contributed by atoms with Crippen molar-refractivity contribution in [1.82, 2.24) is 10.2 Å². The third-order valence-corrected chi connectivity index (χ3v) is 4.96. The molecule has 1 saturated heterocycles. The van der Waals surface area contributed by atoms with Gasteiger partial charge in [-0.15, -0.1) is 0 Å². The SMILES string of the molecule is CC(NC(=O)C1CCN(C(=O)c2ccco2)CC1)c1cccc(C(F)(F)F)c1. The molecule has 1 aliphatic rings. The van der Waals surface area contributed by atoms with Crippen molar-refractivity contribution in [2.75, 3.05) is 13.1 Å². The Hall–Kier alpha value is -2.77. The van der Waals surface area contributed by atoms with E-state index < -0.39 is 17.8 Å². The summed E-state index contributed by atoms with van der Waals surface area (Å²) in [7, 11) is 0. The molecule has 0 saturated carbocycles. The molecular weight excluding hydrogens is 373 g/mol. The number of hydrogen-bond acceptors (Lipinski definition) is 3. The van der Waals surface area contributed by atoms with Gasteiger partial charge in [0.25, 0.3) is 5.91 Å². The highest BCUT2D eigenvalue weighted by Gasteiger charge is 2.32. The van der Waals surface area contributed by atoms with E-state index >= 15 is 0 Å². The Balaban J connectivity index is 1.55. The summed E-state index contributed by atoms with van der Waals surface area (Å²) in [6, 6.07) is 7.64. The molecule has 1 fully saturated rings. The van der Waals surface area contributed by atoms with E-state index in [0.717, 1.165) is 12.1 Å². The van der Waals surface area contributed by atoms with Crippen LogP contribution in [0.15, 0.2) is 47.1 Å². The number of rotatable bonds is 4. The number of furan rings is 1. The van der Waals surface area contributed by atoms with E-state index in [1.54, 1.807) is 30.0 Å². The van der Waals surface area contributed by atoms with Gasteiger partial charge in [-0.1, -0.05) is 12.1 Å². The first-order chi connectivity index (χ1) is 13.3. The number of benzene rings is 1. The van der Waals surface area contributed by atoms with Crippen LogP contribution in [0, 0.1) is 5.92 Å². The number of carbonyl (C=O) groups excluding carboxylic acids is 2. The summed E-state index contributed by atoms with van der Waals surface area (Å²) in [5.74, 6) is -0.439. The van der Waals surface area contributed by atoms with Crippen molar-refractivity contribution >= 4 is 11.8 Å². The number of alkyl halides is 3. The summed E-state index contributed by atoms with van der Waals surface area (Å²) in [4.78, 5) is 26.4. The molecule has 1 aromatic heterocycles. The average molecular weight is 394 g/mol. The summed E-state index contributed by atoms with van der Waals surface area (Å²) >= 11 is 0. The fourth-order valence-corrected chi connectivity index (χ4v) is 3.30. The van der Waals surface area contributed by atoms with Crippen LogP contribution in [-0.2, 0) is 11.0 Å². The predicted octanol–water partition coefficient (Wildman–Crippen LogP) is 4.03. The topological polar surface area (TPSA) is 62.6 Å². The highest BCUT2D eigenvalue weighted by molar-refractivity contribution is 5.91. The van der Waals surface area contributed by atoms with E-state index in [9.17, 15) is 22.8 Å². The second kappa shape index (κ2) is 8.08. The fraction of sp³-hybridized carbons (Fsp3) is 0.400. The van der Waals surface area contributed by atoms with E-state index in [0.29, 0.717) is 31.5 Å². The molecular formula is C20H21F3N2O3. The third-order valence-electron chi connectivity index (χ3n) is 4.96. The zero-order chi connectivity index (χ0) is 20.3. The molecule has 28 heavy (non-hydrogen) atoms. The Morgan fingerprint density at radius 3 is 2.50 bits per heavy atom. The minimum Gasteiger partial charge on any atom is -0.459 e. The second-order valence-corrected chi connectivity index (χ2v) is 6.90. The second-order valence-electron chi connectivity index (χ2n) is 6.90. The maximum atomic E-state index is 12.9. The molecule has 8 heteroatoms. The Bertz CT molecular complexity index is 825. The van der Waals surface area contributed by atoms with Gasteiger partial charge in [-0.2, -0.15) is 13.2 Å². The lowest BCUT2D eigenvalue weighted by atomic mass is 9.95. The minimum absolute atomic E-state index is 0.207. The monoisotopic (exact) mass is 394 g/mol. The summed E-state index contributed by atoms with van der Waals surface area (Å²) < 4.78 is 43.7. The molecule has 1 N–H and O–H groups in total. The number of amides is 2. The number of halogens is 3. The van der Waals surface area contributed by atoms with Gasteiger partial charge in [-0.3, -0.25) is 9.59 Å². The van der Waals surface area contributed by atoms with E-state index in [2.05, 4.69) is 5.32 Å². The summed E-state index contributed by atoms with van der Waals surface area (Å²) in [6.45, 7) is 2.51. The van der Waals surface area contributed by atoms with Crippen molar-refractivity contribution < 1.29 is 27.2 Å². The van der Waals surface area contributed by atoms with Crippen molar-refractivity contribution in [2.45, 2.75) is 32.0 Å². The molecule has 2 amide bonds. The van der Waals surface area contributed by atoms with E-state index in [1.807, 2.05) is 0 Å². The van der Waals surface area contributed by atoms with Crippen molar-refractivity contribution in [1.29, 1.82) is 0 Å². The molecule has 0 radical (unpaired) electrons. The van der Waals surface area contributed by atoms with E-state index in [4.69, 9.17) is 4.42 Å². The molecule has 5 nitrogen and oxygen atoms in total. The average Bonchev–Trinajstić information content (AvgIpc) is 3.21. The highest BCUT2D eigenvalue weighted by atomic mass is 19.4. The zero-order valence-corrected chi connectivity index (χ0v) is 15.3. The van der Waals surface area contributed by atoms with Gasteiger partial charge >= 0.3 is 6.18 Å². The van der Waals surface area contributed by atoms with Crippen LogP contribution in [0.5, 0.6) is 0 Å². The van der Waals surface area contributed by atoms with Crippen LogP contribution in [-0.4, -0.2) is 29.8 Å². The largest absolute Gasteiger partial charge is 0.459 e. The van der Waals surface area contributed by atoms with Crippen LogP contribution in [0.3, 0.4) is 0 Å². The first kappa shape index (κ1) is 20.0. The molecule has 0 bridgehead atoms. The van der Waals surface area contributed by atoms with E-state index in [-0.39, 0.29) is 23.5 Å². The van der Waals surface area contributed by atoms with Gasteiger partial charge in [-0.05, 0) is 49.6 Å². The van der Waals surface area contributed by atoms with Crippen LogP contribution < -0.4 is 5.32 Å². The lowest BCUT2D eigenvalue weighted by Gasteiger charge is -2.31. The number of nitrogens with zero attached hydrogens (tertiary/aromatic N) is 1. The van der Waals surface area contributed by atoms with Crippen molar-refractivity contribution in [3.05, 3.63) is 59.5 Å². The van der Waals surface area contributed by atoms with Crippen molar-refractivity contribution in [3.63, 3.8) is 0 Å². The fourth-order valence-electron chi connectivity index (χ4n) is 3.30. The number of carbonyl (C=O) groups is 2. The lowest BCUT2D eigenvalue weighted by molar-refractivity contribution is -0.137. The number of hydrogen-bond donors (Lipinski definition) is 1. The van der Waals surface area contributed by atoms with Gasteiger partial charge in [0.05, 0.1) is 17.9 Å². The quantitative estimate of drug-likeness (QED) is 0.852. The molecule has 1 aliphatic heterocycles. The van der Waals surface area contributed by atoms with Gasteiger partial charge in [0.15, 0.2) is 5.76 Å². The molecule has 2 heterocycles. The maximum absolute atomic E-state index is 12.9. The van der Waals surface area contributed by atoms with Crippen LogP contribution in [0.1, 0.15) is 47.5 Å². The Morgan fingerprint density at radius 2 is 1.89 bits per heavy atom. The minimum atomic E-state index is -4.42. The molecule has 0 aliphatic carbocycles. The summed E-state index contributed by atoms with van der Waals surface area (Å²) in [6.07, 6.45) is -2.00. The molecule has 1 atom stereocenters. The van der Waals surface area contributed by atoms with Crippen LogP contribution >= 0.6 is 0 Å². The van der Waals surface area contributed by atoms with Crippen molar-refractivity contribution in [2.24, 2.45) is 5.92 Å². The molecule has 1 aromatic carbocycles. The standard InChI is InChI=1S/C20H21F3N2O3/c1-13(15-4-2-5-16(12-15)20(21,22)23)24-18(26)14-7-9-25(10-8-14)19(27)17-6-3-11-28-17/h2-6,11-14H,7-10H2,1H3,(H,24,26). The van der Waals surface area contributed by atoms with Crippen molar-refractivity contribution in [3.8, 4) is 0 Å². The first-order valence-electron chi connectivity index (χ1n) is 9.06. The van der Waals surface area contributed by atoms with Crippen LogP contribution in [0.2, 0.25) is 0 Å². The summed E-state index contributed by atoms with van der Waals surface area (Å²) in [5.41, 5.74) is -0.343. The Labute approximate surface area is 160 Å². The Kier molecular flexibility index (Phi) is 5.76. The van der Waals surface area contributed by atoms with Crippen LogP contribution in [0.4, 0.5) is 13.2 Å². The lowest BCUT2D eigenvalue weighted by Crippen LogP contribution is -2.43. The Morgan fingerprint density at radius 1 is 1.18 bits per heavy atom. The predicted molar refractivity (Wildman–Crippen MR) is 95.3 cm³/mol. The smallest absolute Gasteiger partial charge is 0.416 e. The number of likely N-dealkylation sites (tertiary alicyclic amines) is 1. The third kappa shape index (κ3) is 4.55. The molecule has 150 valence electrons. The van der Waals surface area contributed by atoms with Gasteiger partial charge in [0.1, 0.15) is 0 Å². The number of piperidine rings is 1. The van der Waals surface area contributed by atoms with Gasteiger partial charge in [0, 0.05) is 19.0 Å². The van der Waals surface area contributed by atoms with Gasteiger partial charge < -0.3 is 14.6 Å². The van der Waals surface area contributed by atoms with Crippen LogP contribution in [0.25, 0.3) is 0 Å². The highest BCUT2D eigenvalue weighted by Crippen LogP contribution is 2.31. The maximum Gasteiger partial charge on any atom is 0.416 e. The normalized spacial score (nSPS) is 16.6.